The summed E-state index contributed by atoms with van der Waals surface area (Å²) in [5, 5.41) is 7.94. The van der Waals surface area contributed by atoms with E-state index in [1.807, 2.05) is 18.2 Å². The number of benzene rings is 1. The van der Waals surface area contributed by atoms with Crippen LogP contribution in [0.2, 0.25) is 0 Å². The summed E-state index contributed by atoms with van der Waals surface area (Å²) in [5.41, 5.74) is 6.90. The Kier molecular flexibility index (Phi) is 7.99. The van der Waals surface area contributed by atoms with Gasteiger partial charge in [-0.25, -0.2) is 9.67 Å². The number of amides is 1. The summed E-state index contributed by atoms with van der Waals surface area (Å²) in [6.45, 7) is 9.81. The number of aromatic nitrogens is 3. The molecule has 1 aliphatic heterocycles. The first-order chi connectivity index (χ1) is 18.2. The number of aryl methyl sites for hydroxylation is 1. The first-order valence-corrected chi connectivity index (χ1v) is 14.5. The second-order valence-corrected chi connectivity index (χ2v) is 12.3. The van der Waals surface area contributed by atoms with Gasteiger partial charge in [0.25, 0.3) is 0 Å². The number of hydrogen-bond acceptors (Lipinski definition) is 6. The fraction of sp³-hybridized carbons (Fsp3) is 0.690. The zero-order chi connectivity index (χ0) is 26.9. The molecule has 0 radical (unpaired) electrons. The number of carbonyl (C=O) groups excluding carboxylic acids is 1. The molecule has 3 saturated carbocycles. The molecule has 4 aliphatic rings. The van der Waals surface area contributed by atoms with Crippen LogP contribution in [0.1, 0.15) is 83.4 Å². The van der Waals surface area contributed by atoms with Crippen LogP contribution in [-0.4, -0.2) is 52.0 Å². The van der Waals surface area contributed by atoms with E-state index in [2.05, 4.69) is 50.2 Å². The SMILES string of the molecule is CCCc1nc(Cc2ccccc2)n(CC(=O)N[C@@H](CCCCN)B2O[C@@H]3C[C@@H]4C[C@@H](C4(C)C)[C@]3(C)O2)n1. The van der Waals surface area contributed by atoms with Gasteiger partial charge in [-0.05, 0) is 68.4 Å². The van der Waals surface area contributed by atoms with E-state index >= 15 is 0 Å². The highest BCUT2D eigenvalue weighted by molar-refractivity contribution is 6.47. The number of unbranched alkanes of at least 4 members (excludes halogenated alkanes) is 1. The maximum absolute atomic E-state index is 13.4. The third-order valence-electron chi connectivity index (χ3n) is 9.38. The molecular formula is C29H44BN5O3. The Morgan fingerprint density at radius 1 is 1.24 bits per heavy atom. The van der Waals surface area contributed by atoms with Gasteiger partial charge in [0, 0.05) is 12.8 Å². The van der Waals surface area contributed by atoms with E-state index in [0.29, 0.717) is 24.8 Å². The van der Waals surface area contributed by atoms with E-state index in [1.165, 1.54) is 6.42 Å². The standard InChI is InChI=1S/C29H44BN5O3/c1-5-11-25-33-26(16-20-12-7-6-8-13-20)35(34-25)19-27(36)32-24(14-9-10-15-31)30-37-23-18-21-17-22(28(21,2)3)29(23,4)38-30/h6-8,12-13,21-24H,5,9-11,14-19,31H2,1-4H3,(H,32,36)/t21-,22-,23+,24-,29-/m0/s1. The molecule has 8 nitrogen and oxygen atoms in total. The number of nitrogens with one attached hydrogen (secondary N) is 1. The van der Waals surface area contributed by atoms with E-state index in [0.717, 1.165) is 55.7 Å². The molecule has 6 rings (SSSR count). The van der Waals surface area contributed by atoms with Gasteiger partial charge in [0.05, 0.1) is 17.6 Å². The smallest absolute Gasteiger partial charge is 0.404 e. The molecule has 1 aromatic heterocycles. The minimum absolute atomic E-state index is 0.0857. The molecule has 1 amide bonds. The van der Waals surface area contributed by atoms with Gasteiger partial charge in [0.15, 0.2) is 5.82 Å². The summed E-state index contributed by atoms with van der Waals surface area (Å²) in [6.07, 6.45) is 7.29. The Morgan fingerprint density at radius 3 is 2.74 bits per heavy atom. The number of nitrogens with two attached hydrogens (primary N) is 1. The van der Waals surface area contributed by atoms with Crippen LogP contribution in [0.3, 0.4) is 0 Å². The highest BCUT2D eigenvalue weighted by Crippen LogP contribution is 2.65. The lowest BCUT2D eigenvalue weighted by atomic mass is 9.43. The third-order valence-corrected chi connectivity index (χ3v) is 9.38. The summed E-state index contributed by atoms with van der Waals surface area (Å²) < 4.78 is 15.0. The summed E-state index contributed by atoms with van der Waals surface area (Å²) in [6, 6.07) is 10.2. The van der Waals surface area contributed by atoms with Crippen molar-refractivity contribution in [3.8, 4) is 0 Å². The zero-order valence-corrected chi connectivity index (χ0v) is 23.5. The van der Waals surface area contributed by atoms with Gasteiger partial charge in [-0.15, -0.1) is 0 Å². The van der Waals surface area contributed by atoms with Crippen molar-refractivity contribution in [2.45, 2.75) is 103 Å². The Labute approximate surface area is 227 Å². The van der Waals surface area contributed by atoms with Crippen LogP contribution in [0.4, 0.5) is 0 Å². The van der Waals surface area contributed by atoms with Crippen molar-refractivity contribution >= 4 is 13.0 Å². The third kappa shape index (κ3) is 5.30. The predicted octanol–water partition coefficient (Wildman–Crippen LogP) is 3.70. The molecule has 3 aliphatic carbocycles. The quantitative estimate of drug-likeness (QED) is 0.326. The fourth-order valence-corrected chi connectivity index (χ4v) is 7.04. The van der Waals surface area contributed by atoms with E-state index in [1.54, 1.807) is 4.68 Å². The van der Waals surface area contributed by atoms with E-state index in [-0.39, 0.29) is 35.5 Å². The van der Waals surface area contributed by atoms with Crippen LogP contribution in [0.25, 0.3) is 0 Å². The maximum atomic E-state index is 13.4. The Hall–Kier alpha value is -2.23. The molecule has 5 atom stereocenters. The molecule has 2 aromatic rings. The van der Waals surface area contributed by atoms with Crippen molar-refractivity contribution in [3.63, 3.8) is 0 Å². The first-order valence-electron chi connectivity index (χ1n) is 14.5. The number of carbonyl (C=O) groups is 1. The van der Waals surface area contributed by atoms with Crippen molar-refractivity contribution in [1.82, 2.24) is 20.1 Å². The van der Waals surface area contributed by atoms with Crippen molar-refractivity contribution < 1.29 is 14.1 Å². The lowest BCUT2D eigenvalue weighted by Gasteiger charge is -2.64. The highest BCUT2D eigenvalue weighted by Gasteiger charge is 2.68. The molecule has 2 heterocycles. The molecule has 2 bridgehead atoms. The molecule has 1 aromatic carbocycles. The summed E-state index contributed by atoms with van der Waals surface area (Å²) in [4.78, 5) is 18.2. The Morgan fingerprint density at radius 2 is 2.03 bits per heavy atom. The molecule has 9 heteroatoms. The van der Waals surface area contributed by atoms with Gasteiger partial charge in [-0.2, -0.15) is 5.10 Å². The summed E-state index contributed by atoms with van der Waals surface area (Å²) in [7, 11) is -0.447. The van der Waals surface area contributed by atoms with Gasteiger partial charge in [-0.3, -0.25) is 4.79 Å². The monoisotopic (exact) mass is 521 g/mol. The molecular weight excluding hydrogens is 477 g/mol. The van der Waals surface area contributed by atoms with Crippen LogP contribution >= 0.6 is 0 Å². The fourth-order valence-electron chi connectivity index (χ4n) is 7.04. The van der Waals surface area contributed by atoms with Gasteiger partial charge >= 0.3 is 7.12 Å². The van der Waals surface area contributed by atoms with Crippen LogP contribution in [0.5, 0.6) is 0 Å². The average Bonchev–Trinajstić information content (AvgIpc) is 3.43. The number of rotatable bonds is 12. The lowest BCUT2D eigenvalue weighted by Crippen LogP contribution is -2.65. The summed E-state index contributed by atoms with van der Waals surface area (Å²) in [5.74, 6) is 2.44. The van der Waals surface area contributed by atoms with Gasteiger partial charge < -0.3 is 20.4 Å². The average molecular weight is 522 g/mol. The number of nitrogens with zero attached hydrogens (tertiary/aromatic N) is 3. The van der Waals surface area contributed by atoms with E-state index in [4.69, 9.17) is 20.0 Å². The van der Waals surface area contributed by atoms with Crippen LogP contribution in [0.15, 0.2) is 30.3 Å². The minimum atomic E-state index is -0.447. The lowest BCUT2D eigenvalue weighted by molar-refractivity contribution is -0.199. The molecule has 1 saturated heterocycles. The molecule has 38 heavy (non-hydrogen) atoms. The maximum Gasteiger partial charge on any atom is 0.481 e. The van der Waals surface area contributed by atoms with Gasteiger partial charge in [0.1, 0.15) is 12.4 Å². The van der Waals surface area contributed by atoms with Gasteiger partial charge in [0.2, 0.25) is 5.91 Å². The topological polar surface area (TPSA) is 104 Å². The van der Waals surface area contributed by atoms with Crippen LogP contribution < -0.4 is 11.1 Å². The second-order valence-electron chi connectivity index (χ2n) is 12.3. The minimum Gasteiger partial charge on any atom is -0.404 e. The molecule has 4 fully saturated rings. The predicted molar refractivity (Wildman–Crippen MR) is 148 cm³/mol. The van der Waals surface area contributed by atoms with Crippen molar-refractivity contribution in [2.75, 3.05) is 6.54 Å². The Balaban J connectivity index is 1.29. The largest absolute Gasteiger partial charge is 0.481 e. The second kappa shape index (κ2) is 11.1. The van der Waals surface area contributed by atoms with E-state index < -0.39 is 7.12 Å². The summed E-state index contributed by atoms with van der Waals surface area (Å²) >= 11 is 0. The molecule has 3 N–H and O–H groups in total. The number of hydrogen-bond donors (Lipinski definition) is 2. The zero-order valence-electron chi connectivity index (χ0n) is 23.5. The van der Waals surface area contributed by atoms with Crippen LogP contribution in [-0.2, 0) is 33.5 Å². The van der Waals surface area contributed by atoms with Gasteiger partial charge in [-0.1, -0.05) is 57.5 Å². The normalized spacial score (nSPS) is 28.0. The highest BCUT2D eigenvalue weighted by atomic mass is 16.7. The van der Waals surface area contributed by atoms with Crippen molar-refractivity contribution in [1.29, 1.82) is 0 Å². The molecule has 206 valence electrons. The Bertz CT molecular complexity index is 1110. The van der Waals surface area contributed by atoms with Crippen LogP contribution in [0, 0.1) is 17.3 Å². The first kappa shape index (κ1) is 27.3. The van der Waals surface area contributed by atoms with E-state index in [9.17, 15) is 4.79 Å². The molecule has 0 spiro atoms. The van der Waals surface area contributed by atoms with Crippen molar-refractivity contribution in [3.05, 3.63) is 47.5 Å². The van der Waals surface area contributed by atoms with Crippen molar-refractivity contribution in [2.24, 2.45) is 23.0 Å². The molecule has 0 unspecified atom stereocenters.